The molecule has 4 aromatic rings. The van der Waals surface area contributed by atoms with E-state index in [0.29, 0.717) is 18.4 Å². The summed E-state index contributed by atoms with van der Waals surface area (Å²) in [5.41, 5.74) is 3.30. The number of aromatic nitrogens is 6. The molecule has 1 aromatic carbocycles. The molecular weight excluding hydrogens is 342 g/mol. The fourth-order valence-electron chi connectivity index (χ4n) is 2.91. The molecule has 0 saturated heterocycles. The molecule has 0 aliphatic carbocycles. The van der Waals surface area contributed by atoms with Gasteiger partial charge in [-0.05, 0) is 18.2 Å². The number of H-pyrrole nitrogens is 1. The van der Waals surface area contributed by atoms with Crippen LogP contribution in [0.25, 0.3) is 28.1 Å². The van der Waals surface area contributed by atoms with E-state index in [1.54, 1.807) is 23.4 Å². The molecule has 3 aromatic heterocycles. The van der Waals surface area contributed by atoms with Gasteiger partial charge in [-0.2, -0.15) is 5.10 Å². The van der Waals surface area contributed by atoms with Crippen molar-refractivity contribution in [1.82, 2.24) is 35.3 Å². The Morgan fingerprint density at radius 1 is 1.22 bits per heavy atom. The lowest BCUT2D eigenvalue weighted by atomic mass is 10.1. The van der Waals surface area contributed by atoms with Crippen molar-refractivity contribution in [2.75, 3.05) is 6.54 Å². The molecular formula is C19H21N7O. The normalized spacial score (nSPS) is 12.7. The zero-order valence-electron chi connectivity index (χ0n) is 15.2. The summed E-state index contributed by atoms with van der Waals surface area (Å²) in [4.78, 5) is 7.54. The highest BCUT2D eigenvalue weighted by atomic mass is 16.3. The molecule has 4 rings (SSSR count). The van der Waals surface area contributed by atoms with E-state index in [2.05, 4.69) is 30.6 Å². The summed E-state index contributed by atoms with van der Waals surface area (Å²) in [7, 11) is 0. The van der Waals surface area contributed by atoms with Crippen LogP contribution in [0.15, 0.2) is 49.1 Å². The van der Waals surface area contributed by atoms with E-state index in [0.717, 1.165) is 27.8 Å². The maximum atomic E-state index is 10.3. The molecule has 0 aliphatic rings. The van der Waals surface area contributed by atoms with E-state index in [9.17, 15) is 5.11 Å². The number of aromatic amines is 1. The molecule has 8 nitrogen and oxygen atoms in total. The summed E-state index contributed by atoms with van der Waals surface area (Å²) >= 11 is 0. The standard InChI is InChI=1S/C19H21N7O/c1-12(2)20-10-17(27)14-6-15-9-24-26(19(15)21-8-14)16-5-3-4-13(7-16)18-22-11-23-25-18/h3-9,11-12,17,20,27H,10H2,1-2H3,(H,22,23,25)/t17-/m0/s1. The lowest BCUT2D eigenvalue weighted by Gasteiger charge is -2.14. The predicted molar refractivity (Wildman–Crippen MR) is 102 cm³/mol. The lowest BCUT2D eigenvalue weighted by molar-refractivity contribution is 0.171. The van der Waals surface area contributed by atoms with Crippen LogP contribution in [0.1, 0.15) is 25.5 Å². The highest BCUT2D eigenvalue weighted by Gasteiger charge is 2.13. The summed E-state index contributed by atoms with van der Waals surface area (Å²) < 4.78 is 1.78. The Balaban J connectivity index is 1.65. The number of nitrogens with one attached hydrogen (secondary N) is 2. The third kappa shape index (κ3) is 3.57. The van der Waals surface area contributed by atoms with E-state index < -0.39 is 6.10 Å². The third-order valence-electron chi connectivity index (χ3n) is 4.31. The van der Waals surface area contributed by atoms with Gasteiger partial charge in [0.05, 0.1) is 18.0 Å². The summed E-state index contributed by atoms with van der Waals surface area (Å²) in [6, 6.07) is 10.1. The van der Waals surface area contributed by atoms with Gasteiger partial charge in [0, 0.05) is 35.3 Å². The van der Waals surface area contributed by atoms with E-state index in [1.165, 1.54) is 0 Å². The first-order valence-electron chi connectivity index (χ1n) is 8.84. The SMILES string of the molecule is CC(C)NC[C@H](O)c1cnc2c(cnn2-c2cccc(-c3nnc[nH]3)c2)c1. The molecule has 1 atom stereocenters. The Morgan fingerprint density at radius 2 is 2.11 bits per heavy atom. The maximum Gasteiger partial charge on any atom is 0.162 e. The second kappa shape index (κ2) is 7.26. The molecule has 0 spiro atoms. The first-order chi connectivity index (χ1) is 13.1. The zero-order valence-corrected chi connectivity index (χ0v) is 15.2. The minimum atomic E-state index is -0.609. The molecule has 0 amide bonds. The number of aliphatic hydroxyl groups is 1. The number of nitrogens with zero attached hydrogens (tertiary/aromatic N) is 5. The Hall–Kier alpha value is -3.10. The second-order valence-corrected chi connectivity index (χ2v) is 6.70. The number of rotatable bonds is 6. The van der Waals surface area contributed by atoms with Gasteiger partial charge in [-0.3, -0.25) is 0 Å². The molecule has 0 aliphatic heterocycles. The first-order valence-corrected chi connectivity index (χ1v) is 8.84. The molecule has 0 fully saturated rings. The average molecular weight is 363 g/mol. The van der Waals surface area contributed by atoms with Crippen LogP contribution in [-0.2, 0) is 0 Å². The smallest absolute Gasteiger partial charge is 0.162 e. The van der Waals surface area contributed by atoms with E-state index in [1.807, 2.05) is 44.2 Å². The fraction of sp³-hybridized carbons (Fsp3) is 0.263. The molecule has 3 heterocycles. The molecule has 138 valence electrons. The minimum Gasteiger partial charge on any atom is -0.387 e. The van der Waals surface area contributed by atoms with Gasteiger partial charge in [0.1, 0.15) is 6.33 Å². The van der Waals surface area contributed by atoms with Crippen molar-refractivity contribution in [2.24, 2.45) is 0 Å². The Labute approximate surface area is 156 Å². The summed E-state index contributed by atoms with van der Waals surface area (Å²) in [6.45, 7) is 4.58. The van der Waals surface area contributed by atoms with Gasteiger partial charge in [0.15, 0.2) is 11.5 Å². The molecule has 3 N–H and O–H groups in total. The number of benzene rings is 1. The first kappa shape index (κ1) is 17.3. The van der Waals surface area contributed by atoms with Gasteiger partial charge < -0.3 is 15.4 Å². The quantitative estimate of drug-likeness (QED) is 0.485. The van der Waals surface area contributed by atoms with Gasteiger partial charge in [0.25, 0.3) is 0 Å². The van der Waals surface area contributed by atoms with Crippen molar-refractivity contribution in [1.29, 1.82) is 0 Å². The van der Waals surface area contributed by atoms with Gasteiger partial charge in [0.2, 0.25) is 0 Å². The Kier molecular flexibility index (Phi) is 4.66. The molecule has 0 radical (unpaired) electrons. The monoisotopic (exact) mass is 363 g/mol. The molecule has 0 unspecified atom stereocenters. The van der Waals surface area contributed by atoms with Crippen LogP contribution in [0.2, 0.25) is 0 Å². The van der Waals surface area contributed by atoms with E-state index in [4.69, 9.17) is 0 Å². The molecule has 8 heteroatoms. The fourth-order valence-corrected chi connectivity index (χ4v) is 2.91. The molecule has 0 saturated carbocycles. The topological polar surface area (TPSA) is 105 Å². The predicted octanol–water partition coefficient (Wildman–Crippen LogP) is 2.24. The molecule has 0 bridgehead atoms. The van der Waals surface area contributed by atoms with E-state index >= 15 is 0 Å². The van der Waals surface area contributed by atoms with Crippen molar-refractivity contribution >= 4 is 11.0 Å². The highest BCUT2D eigenvalue weighted by molar-refractivity contribution is 5.77. The van der Waals surface area contributed by atoms with Crippen LogP contribution in [0.4, 0.5) is 0 Å². The maximum absolute atomic E-state index is 10.3. The van der Waals surface area contributed by atoms with Gasteiger partial charge >= 0.3 is 0 Å². The molecule has 27 heavy (non-hydrogen) atoms. The van der Waals surface area contributed by atoms with Crippen LogP contribution in [-0.4, -0.2) is 47.6 Å². The average Bonchev–Trinajstić information content (AvgIpc) is 3.35. The van der Waals surface area contributed by atoms with Crippen LogP contribution in [0.3, 0.4) is 0 Å². The summed E-state index contributed by atoms with van der Waals surface area (Å²) in [5, 5.41) is 26.8. The van der Waals surface area contributed by atoms with Crippen LogP contribution < -0.4 is 5.32 Å². The van der Waals surface area contributed by atoms with Crippen molar-refractivity contribution < 1.29 is 5.11 Å². The van der Waals surface area contributed by atoms with Gasteiger partial charge in [-0.1, -0.05) is 26.0 Å². The van der Waals surface area contributed by atoms with Crippen molar-refractivity contribution in [3.8, 4) is 17.1 Å². The number of hydrogen-bond acceptors (Lipinski definition) is 6. The summed E-state index contributed by atoms with van der Waals surface area (Å²) in [6.07, 6.45) is 4.40. The third-order valence-corrected chi connectivity index (χ3v) is 4.31. The Bertz CT molecular complexity index is 1040. The largest absolute Gasteiger partial charge is 0.387 e. The zero-order chi connectivity index (χ0) is 18.8. The van der Waals surface area contributed by atoms with Crippen molar-refractivity contribution in [2.45, 2.75) is 26.0 Å². The second-order valence-electron chi connectivity index (χ2n) is 6.70. The van der Waals surface area contributed by atoms with Gasteiger partial charge in [-0.25, -0.2) is 9.67 Å². The lowest BCUT2D eigenvalue weighted by Crippen LogP contribution is -2.27. The summed E-state index contributed by atoms with van der Waals surface area (Å²) in [5.74, 6) is 0.698. The van der Waals surface area contributed by atoms with Crippen LogP contribution in [0, 0.1) is 0 Å². The Morgan fingerprint density at radius 3 is 2.89 bits per heavy atom. The minimum absolute atomic E-state index is 0.315. The van der Waals surface area contributed by atoms with E-state index in [-0.39, 0.29) is 0 Å². The number of hydrogen-bond donors (Lipinski definition) is 3. The van der Waals surface area contributed by atoms with Crippen molar-refractivity contribution in [3.05, 3.63) is 54.6 Å². The van der Waals surface area contributed by atoms with Crippen LogP contribution in [0.5, 0.6) is 0 Å². The number of aliphatic hydroxyl groups excluding tert-OH is 1. The van der Waals surface area contributed by atoms with Crippen molar-refractivity contribution in [3.63, 3.8) is 0 Å². The number of pyridine rings is 1. The highest BCUT2D eigenvalue weighted by Crippen LogP contribution is 2.23. The van der Waals surface area contributed by atoms with Gasteiger partial charge in [-0.15, -0.1) is 10.2 Å². The number of fused-ring (bicyclic) bond motifs is 1. The van der Waals surface area contributed by atoms with Crippen LogP contribution >= 0.6 is 0 Å².